The molecule has 0 saturated carbocycles. The zero-order valence-electron chi connectivity index (χ0n) is 10.5. The fraction of sp³-hybridized carbons (Fsp3) is 0.250. The van der Waals surface area contributed by atoms with Crippen molar-refractivity contribution >= 4 is 18.4 Å². The smallest absolute Gasteiger partial charge is 0.356 e. The molecule has 0 atom stereocenters. The molecule has 1 heterocycles. The van der Waals surface area contributed by atoms with Gasteiger partial charge in [-0.25, -0.2) is 9.78 Å². The van der Waals surface area contributed by atoms with E-state index in [9.17, 15) is 4.79 Å². The van der Waals surface area contributed by atoms with E-state index in [1.165, 1.54) is 10.9 Å². The number of hydrogen-bond donors (Lipinski definition) is 1. The van der Waals surface area contributed by atoms with Gasteiger partial charge >= 0.3 is 5.69 Å². The Balaban J connectivity index is 0.00000162. The zero-order valence-corrected chi connectivity index (χ0v) is 11.3. The Morgan fingerprint density at radius 3 is 2.33 bits per heavy atom. The maximum Gasteiger partial charge on any atom is 0.356 e. The Kier molecular flexibility index (Phi) is 4.44. The van der Waals surface area contributed by atoms with Crippen LogP contribution < -0.4 is 11.0 Å². The zero-order chi connectivity index (χ0) is 12.4. The van der Waals surface area contributed by atoms with Crippen molar-refractivity contribution in [1.29, 1.82) is 0 Å². The molecule has 0 saturated heterocycles. The summed E-state index contributed by atoms with van der Waals surface area (Å²) < 4.78 is 1.46. The van der Waals surface area contributed by atoms with E-state index in [-0.39, 0.29) is 18.1 Å². The Morgan fingerprint density at radius 2 is 1.83 bits per heavy atom. The predicted octanol–water partition coefficient (Wildman–Crippen LogP) is 1.71. The van der Waals surface area contributed by atoms with E-state index < -0.39 is 0 Å². The number of aryl methyl sites for hydroxylation is 2. The largest absolute Gasteiger partial charge is 0.357 e. The lowest BCUT2D eigenvalue weighted by Gasteiger charge is -2.11. The summed E-state index contributed by atoms with van der Waals surface area (Å²) in [5.41, 5.74) is 2.56. The number of para-hydroxylation sites is 1. The molecule has 18 heavy (non-hydrogen) atoms. The van der Waals surface area contributed by atoms with Gasteiger partial charge in [0.25, 0.3) is 0 Å². The number of aromatic nitrogens is 3. The molecule has 96 valence electrons. The highest BCUT2D eigenvalue weighted by Crippen LogP contribution is 2.16. The molecular formula is C12H15ClN4O. The molecule has 0 spiro atoms. The molecule has 1 aromatic heterocycles. The van der Waals surface area contributed by atoms with E-state index in [1.54, 1.807) is 7.05 Å². The third kappa shape index (κ3) is 2.51. The second-order valence-electron chi connectivity index (χ2n) is 3.82. The number of nitrogens with one attached hydrogen (secondary N) is 1. The summed E-state index contributed by atoms with van der Waals surface area (Å²) in [6, 6.07) is 5.88. The standard InChI is InChI=1S/C12H14N4O.ClH/c1-8-5-4-6-9(2)10(8)16-7-14-11(13-3)15-12(16)17;/h4-7H,1-3H3,(H,13,15,17);1H. The summed E-state index contributed by atoms with van der Waals surface area (Å²) in [4.78, 5) is 19.8. The molecule has 0 aliphatic rings. The van der Waals surface area contributed by atoms with Gasteiger partial charge in [-0.2, -0.15) is 4.98 Å². The molecule has 0 unspecified atom stereocenters. The van der Waals surface area contributed by atoms with E-state index in [2.05, 4.69) is 15.3 Å². The van der Waals surface area contributed by atoms with Crippen LogP contribution in [0, 0.1) is 13.8 Å². The minimum Gasteiger partial charge on any atom is -0.357 e. The highest BCUT2D eigenvalue weighted by atomic mass is 35.5. The molecule has 5 nitrogen and oxygen atoms in total. The molecule has 0 fully saturated rings. The number of hydrogen-bond acceptors (Lipinski definition) is 4. The van der Waals surface area contributed by atoms with Crippen molar-refractivity contribution in [1.82, 2.24) is 14.5 Å². The molecular weight excluding hydrogens is 252 g/mol. The van der Waals surface area contributed by atoms with Gasteiger partial charge in [0.1, 0.15) is 6.33 Å². The van der Waals surface area contributed by atoms with Crippen molar-refractivity contribution in [3.05, 3.63) is 46.1 Å². The summed E-state index contributed by atoms with van der Waals surface area (Å²) in [6.45, 7) is 3.92. The molecule has 2 aromatic rings. The number of rotatable bonds is 2. The summed E-state index contributed by atoms with van der Waals surface area (Å²) in [6.07, 6.45) is 1.50. The van der Waals surface area contributed by atoms with Gasteiger partial charge in [-0.05, 0) is 25.0 Å². The van der Waals surface area contributed by atoms with Gasteiger partial charge in [-0.3, -0.25) is 4.57 Å². The summed E-state index contributed by atoms with van der Waals surface area (Å²) >= 11 is 0. The van der Waals surface area contributed by atoms with Crippen LogP contribution in [0.5, 0.6) is 0 Å². The third-order valence-corrected chi connectivity index (χ3v) is 2.61. The summed E-state index contributed by atoms with van der Waals surface area (Å²) in [5, 5.41) is 2.74. The lowest BCUT2D eigenvalue weighted by molar-refractivity contribution is 0.851. The number of nitrogens with zero attached hydrogens (tertiary/aromatic N) is 3. The first-order chi connectivity index (χ1) is 8.13. The highest BCUT2D eigenvalue weighted by Gasteiger charge is 2.08. The Hall–Kier alpha value is -1.88. The van der Waals surface area contributed by atoms with Crippen LogP contribution in [0.1, 0.15) is 11.1 Å². The van der Waals surface area contributed by atoms with Gasteiger partial charge < -0.3 is 5.32 Å². The second-order valence-corrected chi connectivity index (χ2v) is 3.82. The highest BCUT2D eigenvalue weighted by molar-refractivity contribution is 5.85. The van der Waals surface area contributed by atoms with Crippen LogP contribution in [0.15, 0.2) is 29.3 Å². The van der Waals surface area contributed by atoms with Crippen molar-refractivity contribution in [2.75, 3.05) is 12.4 Å². The van der Waals surface area contributed by atoms with E-state index >= 15 is 0 Å². The van der Waals surface area contributed by atoms with Crippen LogP contribution in [-0.4, -0.2) is 21.6 Å². The number of anilines is 1. The third-order valence-electron chi connectivity index (χ3n) is 2.61. The minimum atomic E-state index is -0.332. The molecule has 1 N–H and O–H groups in total. The molecule has 0 radical (unpaired) electrons. The van der Waals surface area contributed by atoms with Gasteiger partial charge in [0, 0.05) is 7.05 Å². The van der Waals surface area contributed by atoms with Crippen molar-refractivity contribution in [3.63, 3.8) is 0 Å². The Morgan fingerprint density at radius 1 is 1.22 bits per heavy atom. The molecule has 0 bridgehead atoms. The monoisotopic (exact) mass is 266 g/mol. The quantitative estimate of drug-likeness (QED) is 0.899. The van der Waals surface area contributed by atoms with Crippen LogP contribution in [-0.2, 0) is 0 Å². The average Bonchev–Trinajstić information content (AvgIpc) is 2.30. The topological polar surface area (TPSA) is 59.8 Å². The van der Waals surface area contributed by atoms with Gasteiger partial charge in [-0.1, -0.05) is 18.2 Å². The van der Waals surface area contributed by atoms with Gasteiger partial charge in [0.2, 0.25) is 5.95 Å². The lowest BCUT2D eigenvalue weighted by atomic mass is 10.1. The molecule has 6 heteroatoms. The fourth-order valence-electron chi connectivity index (χ4n) is 1.79. The van der Waals surface area contributed by atoms with Crippen molar-refractivity contribution in [3.8, 4) is 5.69 Å². The summed E-state index contributed by atoms with van der Waals surface area (Å²) in [7, 11) is 1.68. The van der Waals surface area contributed by atoms with Crippen LogP contribution in [0.4, 0.5) is 5.95 Å². The lowest BCUT2D eigenvalue weighted by Crippen LogP contribution is -2.24. The first-order valence-electron chi connectivity index (χ1n) is 5.33. The van der Waals surface area contributed by atoms with Crippen molar-refractivity contribution in [2.45, 2.75) is 13.8 Å². The number of halogens is 1. The van der Waals surface area contributed by atoms with Crippen LogP contribution >= 0.6 is 12.4 Å². The molecule has 0 amide bonds. The first-order valence-corrected chi connectivity index (χ1v) is 5.33. The SMILES string of the molecule is CNc1ncn(-c2c(C)cccc2C)c(=O)n1.Cl. The maximum atomic E-state index is 11.9. The van der Waals surface area contributed by atoms with E-state index in [1.807, 2.05) is 32.0 Å². The van der Waals surface area contributed by atoms with E-state index in [0.29, 0.717) is 5.95 Å². The van der Waals surface area contributed by atoms with Crippen LogP contribution in [0.2, 0.25) is 0 Å². The minimum absolute atomic E-state index is 0. The van der Waals surface area contributed by atoms with Crippen molar-refractivity contribution < 1.29 is 0 Å². The predicted molar refractivity (Wildman–Crippen MR) is 73.9 cm³/mol. The second kappa shape index (κ2) is 5.64. The van der Waals surface area contributed by atoms with Crippen LogP contribution in [0.3, 0.4) is 0 Å². The Labute approximate surface area is 111 Å². The van der Waals surface area contributed by atoms with Gasteiger partial charge in [0.15, 0.2) is 0 Å². The average molecular weight is 267 g/mol. The first kappa shape index (κ1) is 14.2. The molecule has 0 aliphatic carbocycles. The molecule has 1 aromatic carbocycles. The number of benzene rings is 1. The molecule has 2 rings (SSSR count). The Bertz CT molecular complexity index is 589. The van der Waals surface area contributed by atoms with E-state index in [4.69, 9.17) is 0 Å². The van der Waals surface area contributed by atoms with E-state index in [0.717, 1.165) is 16.8 Å². The molecule has 0 aliphatic heterocycles. The van der Waals surface area contributed by atoms with Gasteiger partial charge in [0.05, 0.1) is 5.69 Å². The van der Waals surface area contributed by atoms with Crippen LogP contribution in [0.25, 0.3) is 5.69 Å². The van der Waals surface area contributed by atoms with Crippen molar-refractivity contribution in [2.24, 2.45) is 0 Å². The normalized spacial score (nSPS) is 9.72. The maximum absolute atomic E-state index is 11.9. The summed E-state index contributed by atoms with van der Waals surface area (Å²) in [5.74, 6) is 0.331. The van der Waals surface area contributed by atoms with Gasteiger partial charge in [-0.15, -0.1) is 12.4 Å². The fourth-order valence-corrected chi connectivity index (χ4v) is 1.79.